The number of thiophene rings is 1. The van der Waals surface area contributed by atoms with E-state index in [0.29, 0.717) is 17.6 Å². The first kappa shape index (κ1) is 22.0. The number of rotatable bonds is 5. The lowest BCUT2D eigenvalue weighted by molar-refractivity contribution is -0.115. The van der Waals surface area contributed by atoms with Crippen LogP contribution in [0.4, 0.5) is 10.8 Å². The molecule has 1 aliphatic carbocycles. The monoisotopic (exact) mass is 478 g/mol. The van der Waals surface area contributed by atoms with Gasteiger partial charge in [0.05, 0.1) is 29.6 Å². The van der Waals surface area contributed by atoms with Gasteiger partial charge in [-0.05, 0) is 48.8 Å². The van der Waals surface area contributed by atoms with Crippen LogP contribution in [0.2, 0.25) is 0 Å². The highest BCUT2D eigenvalue weighted by molar-refractivity contribution is 7.18. The average molecular weight is 479 g/mol. The van der Waals surface area contributed by atoms with Gasteiger partial charge in [0.15, 0.2) is 5.13 Å². The molecule has 0 N–H and O–H groups in total. The number of fused-ring (bicyclic) bond motifs is 3. The molecule has 4 aromatic rings. The van der Waals surface area contributed by atoms with Crippen LogP contribution in [-0.4, -0.2) is 20.4 Å². The molecule has 0 radical (unpaired) electrons. The van der Waals surface area contributed by atoms with Gasteiger partial charge in [0.25, 0.3) is 5.56 Å². The number of carbonyl (C=O) groups excluding carboxylic acids is 1. The molecule has 8 heteroatoms. The van der Waals surface area contributed by atoms with Crippen molar-refractivity contribution in [1.82, 2.24) is 14.5 Å². The third kappa shape index (κ3) is 4.02. The van der Waals surface area contributed by atoms with Gasteiger partial charge in [-0.1, -0.05) is 32.0 Å². The second-order valence-corrected chi connectivity index (χ2v) is 10.6. The smallest absolute Gasteiger partial charge is 0.262 e. The first-order valence-electron chi connectivity index (χ1n) is 11.3. The number of anilines is 2. The van der Waals surface area contributed by atoms with Crippen LogP contribution in [0.5, 0.6) is 0 Å². The highest BCUT2D eigenvalue weighted by atomic mass is 32.1. The predicted molar refractivity (Wildman–Crippen MR) is 135 cm³/mol. The quantitative estimate of drug-likeness (QED) is 0.389. The number of amides is 1. The van der Waals surface area contributed by atoms with Crippen molar-refractivity contribution in [2.24, 2.45) is 5.92 Å². The molecule has 1 unspecified atom stereocenters. The van der Waals surface area contributed by atoms with Gasteiger partial charge in [0, 0.05) is 17.2 Å². The molecule has 0 bridgehead atoms. The highest BCUT2D eigenvalue weighted by Gasteiger charge is 2.24. The summed E-state index contributed by atoms with van der Waals surface area (Å²) in [5.74, 6) is 0.569. The van der Waals surface area contributed by atoms with Crippen LogP contribution in [0.25, 0.3) is 10.2 Å². The number of para-hydroxylation sites is 1. The number of hydrogen-bond acceptors (Lipinski definition) is 6. The van der Waals surface area contributed by atoms with E-state index in [1.54, 1.807) is 34.1 Å². The second kappa shape index (κ2) is 8.83. The van der Waals surface area contributed by atoms with Crippen molar-refractivity contribution in [3.05, 3.63) is 68.0 Å². The van der Waals surface area contributed by atoms with Gasteiger partial charge in [0.1, 0.15) is 4.83 Å². The van der Waals surface area contributed by atoms with Gasteiger partial charge < -0.3 is 0 Å². The van der Waals surface area contributed by atoms with Crippen molar-refractivity contribution in [3.8, 4) is 0 Å². The molecule has 0 spiro atoms. The SMILES string of the molecule is CCc1ccccc1N(C(C)=O)c1nc(Cn2cnc3sc4c(c3c2=O)CCC(C)C4)cs1. The van der Waals surface area contributed by atoms with Crippen molar-refractivity contribution in [2.45, 2.75) is 53.0 Å². The Bertz CT molecular complexity index is 1400. The molecule has 0 saturated heterocycles. The van der Waals surface area contributed by atoms with Crippen LogP contribution in [-0.2, 0) is 30.6 Å². The molecule has 0 saturated carbocycles. The van der Waals surface area contributed by atoms with Crippen LogP contribution in [0.3, 0.4) is 0 Å². The van der Waals surface area contributed by atoms with Crippen molar-refractivity contribution < 1.29 is 4.79 Å². The van der Waals surface area contributed by atoms with E-state index in [9.17, 15) is 9.59 Å². The van der Waals surface area contributed by atoms with Gasteiger partial charge in [-0.25, -0.2) is 9.97 Å². The summed E-state index contributed by atoms with van der Waals surface area (Å²) in [4.78, 5) is 39.0. The summed E-state index contributed by atoms with van der Waals surface area (Å²) in [6.07, 6.45) is 5.55. The van der Waals surface area contributed by atoms with Crippen LogP contribution >= 0.6 is 22.7 Å². The zero-order valence-corrected chi connectivity index (χ0v) is 20.6. The summed E-state index contributed by atoms with van der Waals surface area (Å²) in [6.45, 7) is 6.23. The minimum atomic E-state index is -0.0869. The average Bonchev–Trinajstić information content (AvgIpc) is 3.40. The Kier molecular flexibility index (Phi) is 5.88. The third-order valence-corrected chi connectivity index (χ3v) is 8.31. The number of carbonyl (C=O) groups is 1. The minimum absolute atomic E-state index is 0.00126. The molecule has 33 heavy (non-hydrogen) atoms. The molecular weight excluding hydrogens is 452 g/mol. The Morgan fingerprint density at radius 2 is 2.12 bits per heavy atom. The van der Waals surface area contributed by atoms with E-state index in [1.165, 1.54) is 21.8 Å². The lowest BCUT2D eigenvalue weighted by Gasteiger charge is -2.21. The van der Waals surface area contributed by atoms with Crippen LogP contribution in [0.15, 0.2) is 40.8 Å². The predicted octanol–water partition coefficient (Wildman–Crippen LogP) is 5.33. The summed E-state index contributed by atoms with van der Waals surface area (Å²) < 4.78 is 1.64. The van der Waals surface area contributed by atoms with Gasteiger partial charge in [-0.2, -0.15) is 0 Å². The largest absolute Gasteiger partial charge is 0.293 e. The maximum absolute atomic E-state index is 13.3. The van der Waals surface area contributed by atoms with Gasteiger partial charge >= 0.3 is 0 Å². The maximum atomic E-state index is 13.3. The molecule has 0 fully saturated rings. The topological polar surface area (TPSA) is 68.1 Å². The molecule has 5 rings (SSSR count). The Labute approximate surface area is 200 Å². The van der Waals surface area contributed by atoms with Crippen LogP contribution < -0.4 is 10.5 Å². The first-order valence-corrected chi connectivity index (χ1v) is 13.0. The molecule has 170 valence electrons. The lowest BCUT2D eigenvalue weighted by atomic mass is 9.89. The Morgan fingerprint density at radius 1 is 1.30 bits per heavy atom. The summed E-state index contributed by atoms with van der Waals surface area (Å²) in [5, 5.41) is 3.31. The molecule has 1 aromatic carbocycles. The maximum Gasteiger partial charge on any atom is 0.262 e. The molecule has 1 atom stereocenters. The summed E-state index contributed by atoms with van der Waals surface area (Å²) in [6, 6.07) is 7.89. The van der Waals surface area contributed by atoms with E-state index in [2.05, 4.69) is 18.8 Å². The van der Waals surface area contributed by atoms with E-state index in [0.717, 1.165) is 52.8 Å². The fourth-order valence-electron chi connectivity index (χ4n) is 4.56. The van der Waals surface area contributed by atoms with Gasteiger partial charge in [-0.3, -0.25) is 19.1 Å². The number of thiazole rings is 1. The van der Waals surface area contributed by atoms with E-state index in [1.807, 2.05) is 29.6 Å². The van der Waals surface area contributed by atoms with E-state index in [-0.39, 0.29) is 11.5 Å². The Morgan fingerprint density at radius 3 is 2.91 bits per heavy atom. The van der Waals surface area contributed by atoms with E-state index in [4.69, 9.17) is 4.98 Å². The number of aromatic nitrogens is 3. The third-order valence-electron chi connectivity index (χ3n) is 6.27. The van der Waals surface area contributed by atoms with Crippen molar-refractivity contribution in [3.63, 3.8) is 0 Å². The summed E-state index contributed by atoms with van der Waals surface area (Å²) >= 11 is 3.08. The number of benzene rings is 1. The summed E-state index contributed by atoms with van der Waals surface area (Å²) in [7, 11) is 0. The van der Waals surface area contributed by atoms with Crippen LogP contribution in [0.1, 0.15) is 48.9 Å². The minimum Gasteiger partial charge on any atom is -0.293 e. The summed E-state index contributed by atoms with van der Waals surface area (Å²) in [5.41, 5.74) is 3.88. The number of aryl methyl sites for hydroxylation is 2. The standard InChI is InChI=1S/C25H26N4O2S2/c1-4-17-7-5-6-8-20(17)29(16(3)30)25-27-18(13-32-25)12-28-14-26-23-22(24(28)31)19-10-9-15(2)11-21(19)33-23/h5-8,13-15H,4,9-12H2,1-3H3. The van der Waals surface area contributed by atoms with E-state index < -0.39 is 0 Å². The molecule has 6 nitrogen and oxygen atoms in total. The number of nitrogens with zero attached hydrogens (tertiary/aromatic N) is 4. The van der Waals surface area contributed by atoms with E-state index >= 15 is 0 Å². The van der Waals surface area contributed by atoms with Crippen LogP contribution in [0, 0.1) is 5.92 Å². The number of hydrogen-bond donors (Lipinski definition) is 0. The fourth-order valence-corrected chi connectivity index (χ4v) is 6.77. The fraction of sp³-hybridized carbons (Fsp3) is 0.360. The molecule has 1 aliphatic rings. The van der Waals surface area contributed by atoms with Gasteiger partial charge in [0.2, 0.25) is 5.91 Å². The van der Waals surface area contributed by atoms with Crippen molar-refractivity contribution in [1.29, 1.82) is 0 Å². The molecule has 3 aromatic heterocycles. The normalized spacial score (nSPS) is 15.5. The van der Waals surface area contributed by atoms with Crippen molar-refractivity contribution in [2.75, 3.05) is 4.90 Å². The molecular formula is C25H26N4O2S2. The zero-order valence-electron chi connectivity index (χ0n) is 19.0. The molecule has 3 heterocycles. The van der Waals surface area contributed by atoms with Gasteiger partial charge in [-0.15, -0.1) is 22.7 Å². The zero-order chi connectivity index (χ0) is 23.1. The molecule has 1 amide bonds. The first-order chi connectivity index (χ1) is 16.0. The van der Waals surface area contributed by atoms with Crippen molar-refractivity contribution >= 4 is 49.6 Å². The highest BCUT2D eigenvalue weighted by Crippen LogP contribution is 2.36. The Balaban J connectivity index is 1.48. The second-order valence-electron chi connectivity index (χ2n) is 8.67. The molecule has 0 aliphatic heterocycles. The Hall–Kier alpha value is -2.84. The lowest BCUT2D eigenvalue weighted by Crippen LogP contribution is -2.24.